The summed E-state index contributed by atoms with van der Waals surface area (Å²) in [5.74, 6) is 0. The Kier molecular flexibility index (Phi) is 10.1. The van der Waals surface area contributed by atoms with Crippen molar-refractivity contribution in [3.8, 4) is 0 Å². The predicted molar refractivity (Wildman–Crippen MR) is 168 cm³/mol. The molecule has 0 aliphatic carbocycles. The second-order valence-corrected chi connectivity index (χ2v) is 13.2. The summed E-state index contributed by atoms with van der Waals surface area (Å²) in [4.78, 5) is 0. The molecule has 0 amide bonds. The maximum atomic E-state index is 14.5. The third-order valence-corrected chi connectivity index (χ3v) is 10.4. The third-order valence-electron chi connectivity index (χ3n) is 5.97. The Morgan fingerprint density at radius 2 is 0.872 bits per heavy atom. The van der Waals surface area contributed by atoms with E-state index in [-0.39, 0.29) is 0 Å². The first kappa shape index (κ1) is 30.0. The van der Waals surface area contributed by atoms with Gasteiger partial charge >= 0.3 is 0 Å². The van der Waals surface area contributed by atoms with Crippen molar-refractivity contribution in [1.29, 1.82) is 0 Å². The van der Waals surface area contributed by atoms with Crippen LogP contribution in [0.5, 0.6) is 0 Å². The molecule has 0 aliphatic heterocycles. The summed E-state index contributed by atoms with van der Waals surface area (Å²) in [5, 5.41) is 0.230. The maximum absolute atomic E-state index is 14.5. The first-order valence-electron chi connectivity index (χ1n) is 11.6. The standard InChI is InChI=1S/C30H20Cl6O2S/c31-23-13-7-19(8-14-23)27(17-11-21-3-1-5-25(33)29(21)35)39(37,38)28(20-9-15-24(32)16-10-20)18-12-22-4-2-6-26(34)30(22)36/h1-18,27-28H. The molecule has 200 valence electrons. The molecule has 2 atom stereocenters. The molecule has 0 saturated heterocycles. The van der Waals surface area contributed by atoms with Crippen molar-refractivity contribution < 1.29 is 8.42 Å². The van der Waals surface area contributed by atoms with Gasteiger partial charge in [-0.15, -0.1) is 0 Å². The van der Waals surface area contributed by atoms with Gasteiger partial charge in [-0.25, -0.2) is 8.42 Å². The summed E-state index contributed by atoms with van der Waals surface area (Å²) < 4.78 is 28.9. The molecule has 0 radical (unpaired) electrons. The predicted octanol–water partition coefficient (Wildman–Crippen LogP) is 11.2. The topological polar surface area (TPSA) is 34.1 Å². The van der Waals surface area contributed by atoms with E-state index in [1.165, 1.54) is 0 Å². The van der Waals surface area contributed by atoms with Crippen LogP contribution in [0, 0.1) is 0 Å². The highest BCUT2D eigenvalue weighted by atomic mass is 35.5. The minimum Gasteiger partial charge on any atom is -0.227 e. The molecule has 2 nitrogen and oxygen atoms in total. The molecule has 4 aromatic rings. The van der Waals surface area contributed by atoms with E-state index < -0.39 is 20.3 Å². The zero-order chi connectivity index (χ0) is 28.2. The van der Waals surface area contributed by atoms with Gasteiger partial charge in [0.1, 0.15) is 10.5 Å². The van der Waals surface area contributed by atoms with Crippen LogP contribution in [-0.2, 0) is 9.84 Å². The van der Waals surface area contributed by atoms with E-state index in [9.17, 15) is 8.42 Å². The van der Waals surface area contributed by atoms with E-state index in [2.05, 4.69) is 0 Å². The van der Waals surface area contributed by atoms with Crippen LogP contribution in [0.15, 0.2) is 97.1 Å². The Hall–Kier alpha value is -1.95. The van der Waals surface area contributed by atoms with Gasteiger partial charge in [0.05, 0.1) is 20.1 Å². The van der Waals surface area contributed by atoms with Crippen LogP contribution in [0.25, 0.3) is 12.2 Å². The summed E-state index contributed by atoms with van der Waals surface area (Å²) in [6.07, 6.45) is 6.50. The third kappa shape index (κ3) is 7.23. The van der Waals surface area contributed by atoms with E-state index in [1.54, 1.807) is 109 Å². The molecule has 2 unspecified atom stereocenters. The molecule has 4 aromatic carbocycles. The lowest BCUT2D eigenvalue weighted by atomic mass is 10.1. The number of sulfone groups is 1. The lowest BCUT2D eigenvalue weighted by Crippen LogP contribution is -2.19. The molecular formula is C30H20Cl6O2S. The highest BCUT2D eigenvalue weighted by Crippen LogP contribution is 2.39. The molecule has 0 fully saturated rings. The summed E-state index contributed by atoms with van der Waals surface area (Å²) in [6.45, 7) is 0. The molecule has 0 spiro atoms. The van der Waals surface area contributed by atoms with E-state index in [0.717, 1.165) is 0 Å². The van der Waals surface area contributed by atoms with Crippen LogP contribution in [-0.4, -0.2) is 8.42 Å². The van der Waals surface area contributed by atoms with Crippen molar-refractivity contribution in [2.45, 2.75) is 10.5 Å². The molecule has 0 N–H and O–H groups in total. The smallest absolute Gasteiger partial charge is 0.171 e. The second kappa shape index (κ2) is 13.1. The fourth-order valence-corrected chi connectivity index (χ4v) is 6.94. The Labute approximate surface area is 258 Å². The van der Waals surface area contributed by atoms with Crippen LogP contribution in [0.3, 0.4) is 0 Å². The van der Waals surface area contributed by atoms with Crippen molar-refractivity contribution in [3.05, 3.63) is 149 Å². The zero-order valence-electron chi connectivity index (χ0n) is 20.0. The Morgan fingerprint density at radius 3 is 1.23 bits per heavy atom. The average molecular weight is 657 g/mol. The Morgan fingerprint density at radius 1 is 0.513 bits per heavy atom. The normalized spacial score (nSPS) is 13.7. The maximum Gasteiger partial charge on any atom is 0.171 e. The van der Waals surface area contributed by atoms with Crippen LogP contribution in [0.1, 0.15) is 32.8 Å². The molecule has 0 bridgehead atoms. The zero-order valence-corrected chi connectivity index (χ0v) is 25.4. The molecule has 0 heterocycles. The van der Waals surface area contributed by atoms with Crippen molar-refractivity contribution in [1.82, 2.24) is 0 Å². The summed E-state index contributed by atoms with van der Waals surface area (Å²) in [7, 11) is -3.99. The average Bonchev–Trinajstić information content (AvgIpc) is 2.91. The quantitative estimate of drug-likeness (QED) is 0.189. The first-order chi connectivity index (χ1) is 18.6. The van der Waals surface area contributed by atoms with Crippen LogP contribution >= 0.6 is 69.6 Å². The fourth-order valence-electron chi connectivity index (χ4n) is 3.96. The minimum absolute atomic E-state index is 0.326. The van der Waals surface area contributed by atoms with Crippen LogP contribution in [0.2, 0.25) is 30.1 Å². The van der Waals surface area contributed by atoms with Crippen molar-refractivity contribution in [3.63, 3.8) is 0 Å². The minimum atomic E-state index is -3.99. The molecule has 39 heavy (non-hydrogen) atoms. The summed E-state index contributed by atoms with van der Waals surface area (Å²) in [6, 6.07) is 23.7. The SMILES string of the molecule is O=S(=O)(C(C=Cc1cccc(Cl)c1Cl)c1ccc(Cl)cc1)C(C=Cc1cccc(Cl)c1Cl)c1ccc(Cl)cc1. The van der Waals surface area contributed by atoms with Crippen molar-refractivity contribution >= 4 is 91.6 Å². The molecule has 0 aromatic heterocycles. The number of benzene rings is 4. The van der Waals surface area contributed by atoms with Gasteiger partial charge < -0.3 is 0 Å². The van der Waals surface area contributed by atoms with Gasteiger partial charge in [-0.3, -0.25) is 0 Å². The van der Waals surface area contributed by atoms with Gasteiger partial charge in [-0.1, -0.05) is 142 Å². The lowest BCUT2D eigenvalue weighted by molar-refractivity contribution is 0.584. The van der Waals surface area contributed by atoms with E-state index >= 15 is 0 Å². The van der Waals surface area contributed by atoms with Crippen molar-refractivity contribution in [2.75, 3.05) is 0 Å². The molecule has 9 heteroatoms. The van der Waals surface area contributed by atoms with Gasteiger partial charge in [0.15, 0.2) is 9.84 Å². The number of hydrogen-bond acceptors (Lipinski definition) is 2. The van der Waals surface area contributed by atoms with Crippen LogP contribution < -0.4 is 0 Å². The van der Waals surface area contributed by atoms with Crippen molar-refractivity contribution in [2.24, 2.45) is 0 Å². The highest BCUT2D eigenvalue weighted by molar-refractivity contribution is 7.92. The molecule has 0 saturated carbocycles. The Balaban J connectivity index is 1.87. The van der Waals surface area contributed by atoms with E-state index in [1.807, 2.05) is 0 Å². The molecule has 4 rings (SSSR count). The molecular weight excluding hydrogens is 637 g/mol. The van der Waals surface area contributed by atoms with Gasteiger partial charge in [0, 0.05) is 10.0 Å². The highest BCUT2D eigenvalue weighted by Gasteiger charge is 2.33. The van der Waals surface area contributed by atoms with Gasteiger partial charge in [-0.2, -0.15) is 0 Å². The second-order valence-electron chi connectivity index (χ2n) is 8.54. The lowest BCUT2D eigenvalue weighted by Gasteiger charge is -2.22. The molecule has 0 aliphatic rings. The fraction of sp³-hybridized carbons (Fsp3) is 0.0667. The summed E-state index contributed by atoms with van der Waals surface area (Å²) in [5.41, 5.74) is 2.23. The Bertz CT molecular complexity index is 1510. The number of hydrogen-bond donors (Lipinski definition) is 0. The van der Waals surface area contributed by atoms with Gasteiger partial charge in [-0.05, 0) is 58.7 Å². The van der Waals surface area contributed by atoms with Gasteiger partial charge in [0.25, 0.3) is 0 Å². The van der Waals surface area contributed by atoms with Gasteiger partial charge in [0.2, 0.25) is 0 Å². The largest absolute Gasteiger partial charge is 0.227 e. The van der Waals surface area contributed by atoms with E-state index in [4.69, 9.17) is 69.6 Å². The van der Waals surface area contributed by atoms with Crippen LogP contribution in [0.4, 0.5) is 0 Å². The number of rotatable bonds is 8. The number of halogens is 6. The first-order valence-corrected chi connectivity index (χ1v) is 15.4. The monoisotopic (exact) mass is 654 g/mol. The van der Waals surface area contributed by atoms with E-state index in [0.29, 0.717) is 52.4 Å². The summed E-state index contributed by atoms with van der Waals surface area (Å²) >= 11 is 37.3.